The normalized spacial score (nSPS) is 22.9. The number of nitrogens with zero attached hydrogens (tertiary/aromatic N) is 1. The van der Waals surface area contributed by atoms with E-state index in [1.54, 1.807) is 10.8 Å². The molecule has 0 saturated carbocycles. The molecule has 3 atom stereocenters. The highest BCUT2D eigenvalue weighted by Gasteiger charge is 2.48. The highest BCUT2D eigenvalue weighted by Crippen LogP contribution is 2.53. The monoisotopic (exact) mass is 693 g/mol. The summed E-state index contributed by atoms with van der Waals surface area (Å²) in [7, 11) is -1.86. The van der Waals surface area contributed by atoms with Crippen molar-refractivity contribution in [2.45, 2.75) is 62.6 Å². The smallest absolute Gasteiger partial charge is 0.0888 e. The van der Waals surface area contributed by atoms with Crippen molar-refractivity contribution in [3.8, 4) is 0 Å². The second-order valence-corrected chi connectivity index (χ2v) is 21.1. The Kier molecular flexibility index (Phi) is 7.44. The summed E-state index contributed by atoms with van der Waals surface area (Å²) in [5.74, 6) is 0.771. The molecule has 0 fully saturated rings. The lowest BCUT2D eigenvalue weighted by atomic mass is 9.82. The molecule has 1 aromatic heterocycles. The van der Waals surface area contributed by atoms with E-state index in [1.807, 2.05) is 11.3 Å². The van der Waals surface area contributed by atoms with Crippen molar-refractivity contribution in [2.24, 2.45) is 0 Å². The van der Waals surface area contributed by atoms with Crippen LogP contribution in [0.4, 0.5) is 11.4 Å². The first-order valence-corrected chi connectivity index (χ1v) is 22.7. The molecule has 4 aliphatic carbocycles. The maximum atomic E-state index is 2.67. The van der Waals surface area contributed by atoms with Gasteiger partial charge in [-0.2, -0.15) is 0 Å². The Hall–Kier alpha value is -4.70. The number of para-hydroxylation sites is 1. The fourth-order valence-corrected chi connectivity index (χ4v) is 14.7. The Morgan fingerprint density at radius 3 is 2.51 bits per heavy atom. The lowest BCUT2D eigenvalue weighted by molar-refractivity contribution is 0.838. The molecule has 2 heterocycles. The average molecular weight is 694 g/mol. The van der Waals surface area contributed by atoms with Crippen LogP contribution in [0.15, 0.2) is 163 Å². The van der Waals surface area contributed by atoms with E-state index < -0.39 is 8.07 Å². The minimum atomic E-state index is -1.86. The highest BCUT2D eigenvalue weighted by atomic mass is 32.1. The van der Waals surface area contributed by atoms with Crippen molar-refractivity contribution in [1.82, 2.24) is 0 Å². The molecule has 5 aromatic rings. The zero-order valence-electron chi connectivity index (χ0n) is 29.5. The number of allylic oxidation sites excluding steroid dienone is 13. The van der Waals surface area contributed by atoms with Crippen LogP contribution in [0, 0.1) is 0 Å². The molecule has 4 aromatic carbocycles. The van der Waals surface area contributed by atoms with Gasteiger partial charge in [0, 0.05) is 49.1 Å². The maximum Gasteiger partial charge on any atom is 0.0888 e. The van der Waals surface area contributed by atoms with Crippen molar-refractivity contribution in [2.75, 3.05) is 4.90 Å². The Labute approximate surface area is 307 Å². The maximum absolute atomic E-state index is 2.67. The molecule has 250 valence electrons. The van der Waals surface area contributed by atoms with Gasteiger partial charge in [0.1, 0.15) is 0 Å². The first kappa shape index (κ1) is 31.1. The summed E-state index contributed by atoms with van der Waals surface area (Å²) in [6.45, 7) is 5.22. The van der Waals surface area contributed by atoms with Crippen molar-refractivity contribution in [1.29, 1.82) is 0 Å². The van der Waals surface area contributed by atoms with Gasteiger partial charge in [-0.3, -0.25) is 0 Å². The molecule has 10 rings (SSSR count). The van der Waals surface area contributed by atoms with Gasteiger partial charge in [-0.25, -0.2) is 0 Å². The molecule has 0 spiro atoms. The Morgan fingerprint density at radius 1 is 0.765 bits per heavy atom. The Morgan fingerprint density at radius 2 is 1.63 bits per heavy atom. The number of anilines is 2. The molecule has 0 N–H and O–H groups in total. The van der Waals surface area contributed by atoms with Gasteiger partial charge in [0.15, 0.2) is 0 Å². The quantitative estimate of drug-likeness (QED) is 0.166. The number of benzene rings is 4. The first-order chi connectivity index (χ1) is 25.1. The molecule has 3 unspecified atom stereocenters. The molecule has 0 saturated heterocycles. The van der Waals surface area contributed by atoms with Gasteiger partial charge < -0.3 is 4.90 Å². The third kappa shape index (κ3) is 5.00. The second kappa shape index (κ2) is 12.2. The second-order valence-electron chi connectivity index (χ2n) is 15.4. The van der Waals surface area contributed by atoms with Gasteiger partial charge in [0.05, 0.1) is 8.07 Å². The van der Waals surface area contributed by atoms with Gasteiger partial charge in [0.2, 0.25) is 0 Å². The number of fused-ring (bicyclic) bond motifs is 8. The van der Waals surface area contributed by atoms with Crippen LogP contribution in [-0.4, -0.2) is 8.07 Å². The third-order valence-electron chi connectivity index (χ3n) is 12.3. The molecule has 0 amide bonds. The minimum Gasteiger partial charge on any atom is -0.311 e. The van der Waals surface area contributed by atoms with Gasteiger partial charge >= 0.3 is 0 Å². The van der Waals surface area contributed by atoms with Crippen LogP contribution in [0.5, 0.6) is 0 Å². The summed E-state index contributed by atoms with van der Waals surface area (Å²) in [6.07, 6.45) is 29.6. The number of hydrogen-bond donors (Lipinski definition) is 0. The van der Waals surface area contributed by atoms with Crippen LogP contribution in [-0.2, 0) is 0 Å². The molecule has 51 heavy (non-hydrogen) atoms. The van der Waals surface area contributed by atoms with Crippen LogP contribution in [0.25, 0.3) is 25.7 Å². The first-order valence-electron chi connectivity index (χ1n) is 18.8. The van der Waals surface area contributed by atoms with Crippen LogP contribution < -0.4 is 10.1 Å². The minimum absolute atomic E-state index is 0.356. The fourth-order valence-electron chi connectivity index (χ4n) is 9.70. The molecule has 1 nitrogen and oxygen atoms in total. The van der Waals surface area contributed by atoms with E-state index >= 15 is 0 Å². The van der Waals surface area contributed by atoms with Crippen LogP contribution in [0.1, 0.15) is 60.6 Å². The van der Waals surface area contributed by atoms with E-state index in [-0.39, 0.29) is 0 Å². The SMILES string of the molecule is C[Si]1(C)c2ccc3c(sc4ccccc43)c2C2C=CC(N(c3ccc(C4=C5C=CCCC5=CCC4)cc3)c3ccccc3C3C=CC=CC3)=CC21. The van der Waals surface area contributed by atoms with Crippen LogP contribution >= 0.6 is 11.3 Å². The number of thiophene rings is 1. The van der Waals surface area contributed by atoms with Crippen LogP contribution in [0.2, 0.25) is 18.6 Å². The summed E-state index contributed by atoms with van der Waals surface area (Å²) in [4.78, 5) is 2.57. The van der Waals surface area contributed by atoms with E-state index in [0.717, 1.165) is 25.7 Å². The van der Waals surface area contributed by atoms with E-state index in [1.165, 1.54) is 71.5 Å². The van der Waals surface area contributed by atoms with E-state index in [0.29, 0.717) is 17.4 Å². The molecular formula is C48H43NSSi. The average Bonchev–Trinajstić information content (AvgIpc) is 3.67. The third-order valence-corrected chi connectivity index (χ3v) is 17.5. The fraction of sp³-hybridized carbons (Fsp3) is 0.208. The molecule has 0 bridgehead atoms. The Bertz CT molecular complexity index is 2440. The van der Waals surface area contributed by atoms with Crippen molar-refractivity contribution in [3.63, 3.8) is 0 Å². The summed E-state index contributed by atoms with van der Waals surface area (Å²) < 4.78 is 2.90. The van der Waals surface area contributed by atoms with Crippen LogP contribution in [0.3, 0.4) is 0 Å². The number of rotatable bonds is 5. The largest absolute Gasteiger partial charge is 0.311 e. The molecule has 1 aliphatic heterocycles. The molecular weight excluding hydrogens is 651 g/mol. The predicted molar refractivity (Wildman–Crippen MR) is 223 cm³/mol. The summed E-state index contributed by atoms with van der Waals surface area (Å²) >= 11 is 2.00. The highest BCUT2D eigenvalue weighted by molar-refractivity contribution is 7.26. The zero-order chi connectivity index (χ0) is 34.1. The molecule has 3 heteroatoms. The van der Waals surface area contributed by atoms with Gasteiger partial charge in [-0.1, -0.05) is 134 Å². The predicted octanol–water partition coefficient (Wildman–Crippen LogP) is 13.2. The molecule has 5 aliphatic rings. The van der Waals surface area contributed by atoms with E-state index in [4.69, 9.17) is 0 Å². The summed E-state index contributed by atoms with van der Waals surface area (Å²) in [6, 6.07) is 32.6. The van der Waals surface area contributed by atoms with Gasteiger partial charge in [-0.05, 0) is 101 Å². The van der Waals surface area contributed by atoms with E-state index in [2.05, 4.69) is 164 Å². The van der Waals surface area contributed by atoms with E-state index in [9.17, 15) is 0 Å². The summed E-state index contributed by atoms with van der Waals surface area (Å²) in [5, 5.41) is 4.46. The lowest BCUT2D eigenvalue weighted by Gasteiger charge is -2.35. The van der Waals surface area contributed by atoms with Gasteiger partial charge in [0.25, 0.3) is 0 Å². The van der Waals surface area contributed by atoms with Crippen molar-refractivity contribution in [3.05, 3.63) is 179 Å². The topological polar surface area (TPSA) is 3.24 Å². The van der Waals surface area contributed by atoms with Crippen molar-refractivity contribution < 1.29 is 0 Å². The summed E-state index contributed by atoms with van der Waals surface area (Å²) in [5.41, 5.74) is 13.2. The van der Waals surface area contributed by atoms with Gasteiger partial charge in [-0.15, -0.1) is 11.3 Å². The zero-order valence-corrected chi connectivity index (χ0v) is 31.3. The van der Waals surface area contributed by atoms with Crippen molar-refractivity contribution >= 4 is 61.7 Å². The standard InChI is InChI=1S/C48H43NSSi/c1-51(2)45-30-29-41-40-19-9-11-22-44(40)50-48(41)47(45)42-28-27-36(31-46(42)51)49(43-21-10-8-18-39(43)33-13-4-3-5-14-33)35-25-23-34(24-26-35)38-20-12-16-32-15-6-7-17-37(32)38/h3-5,7-11,13,16-19,21-31,33,42,46H,6,12,14-15,20H2,1-2H3. The number of hydrogen-bond acceptors (Lipinski definition) is 2. The molecule has 0 radical (unpaired) electrons. The Balaban J connectivity index is 1.10. The lowest BCUT2D eigenvalue weighted by Crippen LogP contribution is -2.42.